The average molecular weight is 286 g/mol. The van der Waals surface area contributed by atoms with Gasteiger partial charge >= 0.3 is 0 Å². The molecule has 5 heteroatoms. The van der Waals surface area contributed by atoms with Crippen LogP contribution in [0, 0.1) is 0 Å². The number of ether oxygens (including phenoxy) is 1. The Hall–Kier alpha value is -2.14. The van der Waals surface area contributed by atoms with E-state index in [-0.39, 0.29) is 0 Å². The third-order valence-corrected chi connectivity index (χ3v) is 3.30. The second-order valence-electron chi connectivity index (χ2n) is 5.23. The normalized spacial score (nSPS) is 10.7. The minimum Gasteiger partial charge on any atom is -0.439 e. The number of hydrogen-bond acceptors (Lipinski definition) is 5. The summed E-state index contributed by atoms with van der Waals surface area (Å²) in [5.41, 5.74) is 4.78. The van der Waals surface area contributed by atoms with Crippen molar-refractivity contribution >= 4 is 5.82 Å². The van der Waals surface area contributed by atoms with Crippen LogP contribution in [0.5, 0.6) is 11.6 Å². The molecule has 0 amide bonds. The van der Waals surface area contributed by atoms with Gasteiger partial charge in [-0.3, -0.25) is 0 Å². The second kappa shape index (κ2) is 7.04. The SMILES string of the molecule is CCCc1c(NN)ncnc1Oc1ccc(C(C)C)cc1. The molecular formula is C16H22N4O. The summed E-state index contributed by atoms with van der Waals surface area (Å²) in [5.74, 6) is 7.93. The molecule has 2 aromatic rings. The number of anilines is 1. The number of hydrazine groups is 1. The molecule has 0 unspecified atom stereocenters. The highest BCUT2D eigenvalue weighted by Gasteiger charge is 2.12. The van der Waals surface area contributed by atoms with Crippen molar-refractivity contribution < 1.29 is 4.74 Å². The van der Waals surface area contributed by atoms with E-state index in [2.05, 4.69) is 48.3 Å². The van der Waals surface area contributed by atoms with E-state index in [1.54, 1.807) is 0 Å². The highest BCUT2D eigenvalue weighted by atomic mass is 16.5. The Bertz CT molecular complexity index is 581. The molecule has 0 saturated heterocycles. The van der Waals surface area contributed by atoms with E-state index in [1.807, 2.05) is 12.1 Å². The van der Waals surface area contributed by atoms with Gasteiger partial charge < -0.3 is 10.2 Å². The summed E-state index contributed by atoms with van der Waals surface area (Å²) >= 11 is 0. The molecule has 2 rings (SSSR count). The zero-order valence-electron chi connectivity index (χ0n) is 12.8. The van der Waals surface area contributed by atoms with E-state index in [0.29, 0.717) is 17.6 Å². The Morgan fingerprint density at radius 3 is 2.48 bits per heavy atom. The molecule has 0 bridgehead atoms. The Morgan fingerprint density at radius 1 is 1.19 bits per heavy atom. The molecule has 21 heavy (non-hydrogen) atoms. The first-order valence-electron chi connectivity index (χ1n) is 7.24. The molecule has 0 aliphatic carbocycles. The van der Waals surface area contributed by atoms with Crippen LogP contribution < -0.4 is 16.0 Å². The van der Waals surface area contributed by atoms with Crippen molar-refractivity contribution in [2.45, 2.75) is 39.5 Å². The quantitative estimate of drug-likeness (QED) is 0.626. The molecule has 0 atom stereocenters. The molecule has 0 aliphatic rings. The van der Waals surface area contributed by atoms with Gasteiger partial charge in [0.05, 0.1) is 5.56 Å². The van der Waals surface area contributed by atoms with Crippen molar-refractivity contribution in [1.29, 1.82) is 0 Å². The van der Waals surface area contributed by atoms with Gasteiger partial charge in [-0.1, -0.05) is 39.3 Å². The summed E-state index contributed by atoms with van der Waals surface area (Å²) in [6.45, 7) is 6.42. The Balaban J connectivity index is 2.26. The zero-order valence-corrected chi connectivity index (χ0v) is 12.8. The molecule has 0 spiro atoms. The summed E-state index contributed by atoms with van der Waals surface area (Å²) in [4.78, 5) is 8.36. The third-order valence-electron chi connectivity index (χ3n) is 3.30. The van der Waals surface area contributed by atoms with Crippen molar-refractivity contribution in [3.05, 3.63) is 41.7 Å². The van der Waals surface area contributed by atoms with Gasteiger partial charge in [-0.05, 0) is 30.0 Å². The van der Waals surface area contributed by atoms with Crippen LogP contribution in [0.4, 0.5) is 5.82 Å². The van der Waals surface area contributed by atoms with Crippen molar-refractivity contribution in [3.63, 3.8) is 0 Å². The molecule has 0 aliphatic heterocycles. The van der Waals surface area contributed by atoms with Crippen LogP contribution in [0.2, 0.25) is 0 Å². The Morgan fingerprint density at radius 2 is 1.90 bits per heavy atom. The minimum absolute atomic E-state index is 0.502. The number of rotatable bonds is 6. The molecule has 1 heterocycles. The highest BCUT2D eigenvalue weighted by Crippen LogP contribution is 2.28. The summed E-state index contributed by atoms with van der Waals surface area (Å²) in [5, 5.41) is 0. The maximum atomic E-state index is 5.89. The van der Waals surface area contributed by atoms with Crippen molar-refractivity contribution in [1.82, 2.24) is 9.97 Å². The maximum Gasteiger partial charge on any atom is 0.227 e. The van der Waals surface area contributed by atoms with Crippen LogP contribution in [0.1, 0.15) is 44.2 Å². The van der Waals surface area contributed by atoms with Crippen LogP contribution in [-0.2, 0) is 6.42 Å². The fourth-order valence-electron chi connectivity index (χ4n) is 2.12. The van der Waals surface area contributed by atoms with Crippen LogP contribution in [0.15, 0.2) is 30.6 Å². The summed E-state index contributed by atoms with van der Waals surface area (Å²) < 4.78 is 5.89. The van der Waals surface area contributed by atoms with E-state index in [9.17, 15) is 0 Å². The number of benzene rings is 1. The number of nitrogens with zero attached hydrogens (tertiary/aromatic N) is 2. The topological polar surface area (TPSA) is 73.1 Å². The first-order chi connectivity index (χ1) is 10.2. The molecule has 1 aromatic carbocycles. The molecule has 0 saturated carbocycles. The van der Waals surface area contributed by atoms with Gasteiger partial charge in [0, 0.05) is 0 Å². The molecule has 3 N–H and O–H groups in total. The van der Waals surface area contributed by atoms with Crippen molar-refractivity contribution in [2.75, 3.05) is 5.43 Å². The van der Waals surface area contributed by atoms with E-state index in [4.69, 9.17) is 10.6 Å². The first-order valence-corrected chi connectivity index (χ1v) is 7.24. The lowest BCUT2D eigenvalue weighted by molar-refractivity contribution is 0.454. The van der Waals surface area contributed by atoms with Crippen LogP contribution in [-0.4, -0.2) is 9.97 Å². The highest BCUT2D eigenvalue weighted by molar-refractivity contribution is 5.49. The Kier molecular flexibility index (Phi) is 5.11. The number of nitrogen functional groups attached to an aromatic ring is 1. The number of hydrogen-bond donors (Lipinski definition) is 2. The fraction of sp³-hybridized carbons (Fsp3) is 0.375. The standard InChI is InChI=1S/C16H22N4O/c1-4-5-14-15(20-17)18-10-19-16(14)21-13-8-6-12(7-9-13)11(2)3/h6-11H,4-5,17H2,1-3H3,(H,18,19,20). The number of nitrogens with two attached hydrogens (primary N) is 1. The van der Waals surface area contributed by atoms with Gasteiger partial charge in [-0.25, -0.2) is 15.8 Å². The van der Waals surface area contributed by atoms with E-state index in [0.717, 1.165) is 24.2 Å². The fourth-order valence-corrected chi connectivity index (χ4v) is 2.12. The number of nitrogens with one attached hydrogen (secondary N) is 1. The smallest absolute Gasteiger partial charge is 0.227 e. The first kappa shape index (κ1) is 15.3. The molecule has 1 aromatic heterocycles. The average Bonchev–Trinajstić information content (AvgIpc) is 2.49. The molecule has 0 fully saturated rings. The Labute approximate surface area is 125 Å². The summed E-state index contributed by atoms with van der Waals surface area (Å²) in [6, 6.07) is 8.07. The third kappa shape index (κ3) is 3.70. The van der Waals surface area contributed by atoms with Gasteiger partial charge in [0.15, 0.2) is 0 Å². The monoisotopic (exact) mass is 286 g/mol. The predicted octanol–water partition coefficient (Wildman–Crippen LogP) is 3.63. The van der Waals surface area contributed by atoms with E-state index < -0.39 is 0 Å². The summed E-state index contributed by atoms with van der Waals surface area (Å²) in [6.07, 6.45) is 3.22. The zero-order chi connectivity index (χ0) is 15.2. The minimum atomic E-state index is 0.502. The van der Waals surface area contributed by atoms with E-state index >= 15 is 0 Å². The second-order valence-corrected chi connectivity index (χ2v) is 5.23. The van der Waals surface area contributed by atoms with Crippen molar-refractivity contribution in [2.24, 2.45) is 5.84 Å². The van der Waals surface area contributed by atoms with Crippen LogP contribution in [0.25, 0.3) is 0 Å². The van der Waals surface area contributed by atoms with Crippen LogP contribution in [0.3, 0.4) is 0 Å². The maximum absolute atomic E-state index is 5.89. The summed E-state index contributed by atoms with van der Waals surface area (Å²) in [7, 11) is 0. The van der Waals surface area contributed by atoms with Gasteiger partial charge in [-0.2, -0.15) is 0 Å². The molecule has 0 radical (unpaired) electrons. The van der Waals surface area contributed by atoms with Gasteiger partial charge in [0.2, 0.25) is 5.88 Å². The van der Waals surface area contributed by atoms with E-state index in [1.165, 1.54) is 11.9 Å². The van der Waals surface area contributed by atoms with Gasteiger partial charge in [0.1, 0.15) is 17.9 Å². The lowest BCUT2D eigenvalue weighted by Crippen LogP contribution is -2.12. The number of aromatic nitrogens is 2. The van der Waals surface area contributed by atoms with Crippen LogP contribution >= 0.6 is 0 Å². The molecular weight excluding hydrogens is 264 g/mol. The molecule has 5 nitrogen and oxygen atoms in total. The van der Waals surface area contributed by atoms with Crippen molar-refractivity contribution in [3.8, 4) is 11.6 Å². The van der Waals surface area contributed by atoms with Gasteiger partial charge in [-0.15, -0.1) is 0 Å². The van der Waals surface area contributed by atoms with Gasteiger partial charge in [0.25, 0.3) is 0 Å². The lowest BCUT2D eigenvalue weighted by Gasteiger charge is -2.13. The predicted molar refractivity (Wildman–Crippen MR) is 84.4 cm³/mol. The molecule has 112 valence electrons. The lowest BCUT2D eigenvalue weighted by atomic mass is 10.0. The largest absolute Gasteiger partial charge is 0.439 e.